The Morgan fingerprint density at radius 2 is 2.08 bits per heavy atom. The lowest BCUT2D eigenvalue weighted by atomic mass is 9.86. The zero-order valence-electron chi connectivity index (χ0n) is 7.44. The Morgan fingerprint density at radius 3 is 2.62 bits per heavy atom. The molecule has 68 valence electrons. The fraction of sp³-hybridized carbons (Fsp3) is 0.300. The Bertz CT molecular complexity index is 366. The third-order valence-electron chi connectivity index (χ3n) is 1.88. The minimum absolute atomic E-state index is 0.293. The van der Waals surface area contributed by atoms with E-state index in [2.05, 4.69) is 28.7 Å². The zero-order valence-corrected chi connectivity index (χ0v) is 9.59. The van der Waals surface area contributed by atoms with Crippen LogP contribution in [0.4, 0.5) is 4.39 Å². The van der Waals surface area contributed by atoms with E-state index >= 15 is 0 Å². The maximum atomic E-state index is 12.9. The fourth-order valence-electron chi connectivity index (χ4n) is 1.04. The second kappa shape index (κ2) is 3.62. The predicted molar refractivity (Wildman–Crippen MR) is 57.8 cm³/mol. The highest BCUT2D eigenvalue weighted by Gasteiger charge is 2.22. The van der Waals surface area contributed by atoms with Crippen molar-refractivity contribution in [3.05, 3.63) is 33.1 Å². The molecule has 0 heterocycles. The van der Waals surface area contributed by atoms with Gasteiger partial charge in [-0.05, 0) is 60.2 Å². The van der Waals surface area contributed by atoms with Gasteiger partial charge in [0, 0.05) is 3.57 Å². The molecule has 3 heteroatoms. The highest BCUT2D eigenvalue weighted by atomic mass is 127. The van der Waals surface area contributed by atoms with Gasteiger partial charge in [-0.25, -0.2) is 4.39 Å². The van der Waals surface area contributed by atoms with Crippen molar-refractivity contribution in [3.63, 3.8) is 0 Å². The molecule has 0 N–H and O–H groups in total. The molecule has 1 aromatic rings. The lowest BCUT2D eigenvalue weighted by molar-refractivity contribution is 0.611. The molecule has 0 unspecified atom stereocenters. The van der Waals surface area contributed by atoms with Crippen molar-refractivity contribution in [1.82, 2.24) is 0 Å². The third kappa shape index (κ3) is 2.19. The summed E-state index contributed by atoms with van der Waals surface area (Å²) < 4.78 is 13.8. The van der Waals surface area contributed by atoms with Gasteiger partial charge < -0.3 is 0 Å². The number of hydrogen-bond acceptors (Lipinski definition) is 1. The Morgan fingerprint density at radius 1 is 1.46 bits per heavy atom. The fourth-order valence-corrected chi connectivity index (χ4v) is 2.05. The van der Waals surface area contributed by atoms with Gasteiger partial charge in [0.2, 0.25) is 0 Å². The molecule has 1 nitrogen and oxygen atoms in total. The van der Waals surface area contributed by atoms with E-state index in [0.717, 1.165) is 9.13 Å². The highest BCUT2D eigenvalue weighted by molar-refractivity contribution is 14.1. The van der Waals surface area contributed by atoms with Crippen LogP contribution in [0.25, 0.3) is 0 Å². The van der Waals surface area contributed by atoms with Crippen LogP contribution in [0.15, 0.2) is 18.2 Å². The van der Waals surface area contributed by atoms with Crippen LogP contribution >= 0.6 is 22.6 Å². The molecule has 0 fully saturated rings. The van der Waals surface area contributed by atoms with Crippen LogP contribution < -0.4 is 0 Å². The molecule has 0 aromatic heterocycles. The van der Waals surface area contributed by atoms with Crippen molar-refractivity contribution in [2.24, 2.45) is 0 Å². The monoisotopic (exact) mass is 289 g/mol. The van der Waals surface area contributed by atoms with Crippen LogP contribution in [0.5, 0.6) is 0 Å². The first-order valence-corrected chi connectivity index (χ1v) is 4.92. The van der Waals surface area contributed by atoms with E-state index in [9.17, 15) is 4.39 Å². The average Bonchev–Trinajstić information content (AvgIpc) is 2.09. The van der Waals surface area contributed by atoms with Crippen molar-refractivity contribution in [2.45, 2.75) is 19.3 Å². The molecule has 1 rings (SSSR count). The summed E-state index contributed by atoms with van der Waals surface area (Å²) in [4.78, 5) is 0. The van der Waals surface area contributed by atoms with Gasteiger partial charge in [0.15, 0.2) is 0 Å². The molecule has 0 bridgehead atoms. The lowest BCUT2D eigenvalue weighted by Crippen LogP contribution is -2.15. The summed E-state index contributed by atoms with van der Waals surface area (Å²) in [7, 11) is 0. The summed E-state index contributed by atoms with van der Waals surface area (Å²) in [6, 6.07) is 6.66. The van der Waals surface area contributed by atoms with Crippen LogP contribution in [-0.2, 0) is 5.41 Å². The summed E-state index contributed by atoms with van der Waals surface area (Å²) in [5.74, 6) is -0.293. The van der Waals surface area contributed by atoms with E-state index in [0.29, 0.717) is 0 Å². The van der Waals surface area contributed by atoms with E-state index in [1.54, 1.807) is 19.9 Å². The molecular formula is C10H9FIN. The molecule has 1 aromatic carbocycles. The third-order valence-corrected chi connectivity index (χ3v) is 2.82. The number of nitrogens with zero attached hydrogens (tertiary/aromatic N) is 1. The van der Waals surface area contributed by atoms with E-state index in [4.69, 9.17) is 5.26 Å². The molecule has 0 aliphatic rings. The quantitative estimate of drug-likeness (QED) is 0.728. The van der Waals surface area contributed by atoms with Gasteiger partial charge >= 0.3 is 0 Å². The summed E-state index contributed by atoms with van der Waals surface area (Å²) in [5.41, 5.74) is 0.120. The lowest BCUT2D eigenvalue weighted by Gasteiger charge is -2.17. The molecule has 0 aliphatic carbocycles. The van der Waals surface area contributed by atoms with Crippen LogP contribution in [-0.4, -0.2) is 0 Å². The van der Waals surface area contributed by atoms with E-state index in [1.165, 1.54) is 12.1 Å². The first kappa shape index (κ1) is 10.5. The van der Waals surface area contributed by atoms with E-state index in [1.807, 2.05) is 0 Å². The van der Waals surface area contributed by atoms with Gasteiger partial charge in [-0.1, -0.05) is 0 Å². The second-order valence-corrected chi connectivity index (χ2v) is 4.52. The number of nitriles is 1. The normalized spacial score (nSPS) is 11.0. The predicted octanol–water partition coefficient (Wildman–Crippen LogP) is 3.23. The van der Waals surface area contributed by atoms with Gasteiger partial charge in [-0.2, -0.15) is 5.26 Å². The smallest absolute Gasteiger partial charge is 0.123 e. The largest absolute Gasteiger partial charge is 0.207 e. The van der Waals surface area contributed by atoms with Gasteiger partial charge in [-0.3, -0.25) is 0 Å². The molecule has 0 saturated carbocycles. The second-order valence-electron chi connectivity index (χ2n) is 3.36. The Kier molecular flexibility index (Phi) is 2.91. The molecule has 13 heavy (non-hydrogen) atoms. The van der Waals surface area contributed by atoms with E-state index < -0.39 is 5.41 Å². The van der Waals surface area contributed by atoms with Crippen molar-refractivity contribution < 1.29 is 4.39 Å². The summed E-state index contributed by atoms with van der Waals surface area (Å²) >= 11 is 2.11. The molecule has 0 radical (unpaired) electrons. The van der Waals surface area contributed by atoms with E-state index in [-0.39, 0.29) is 5.82 Å². The van der Waals surface area contributed by atoms with Crippen LogP contribution in [0.1, 0.15) is 19.4 Å². The number of rotatable bonds is 1. The topological polar surface area (TPSA) is 23.8 Å². The molecule has 0 aliphatic heterocycles. The van der Waals surface area contributed by atoms with Crippen LogP contribution in [0.3, 0.4) is 0 Å². The average molecular weight is 289 g/mol. The molecular weight excluding hydrogens is 280 g/mol. The van der Waals surface area contributed by atoms with Gasteiger partial charge in [0.25, 0.3) is 0 Å². The minimum atomic E-state index is -0.626. The zero-order chi connectivity index (χ0) is 10.1. The van der Waals surface area contributed by atoms with Crippen LogP contribution in [0, 0.1) is 20.7 Å². The maximum Gasteiger partial charge on any atom is 0.123 e. The highest BCUT2D eigenvalue weighted by Crippen LogP contribution is 2.27. The van der Waals surface area contributed by atoms with Crippen LogP contribution in [0.2, 0.25) is 0 Å². The van der Waals surface area contributed by atoms with Gasteiger partial charge in [0.1, 0.15) is 5.82 Å². The summed E-state index contributed by atoms with van der Waals surface area (Å²) in [5, 5.41) is 8.89. The molecule has 0 atom stereocenters. The first-order chi connectivity index (χ1) is 5.97. The molecule has 0 saturated heterocycles. The number of halogens is 2. The summed E-state index contributed by atoms with van der Waals surface area (Å²) in [6.07, 6.45) is 0. The van der Waals surface area contributed by atoms with Crippen molar-refractivity contribution in [3.8, 4) is 6.07 Å². The standard InChI is InChI=1S/C10H9FIN/c1-10(2,6-13)8-5-7(11)3-4-9(8)12/h3-5H,1-2H3. The van der Waals surface area contributed by atoms with Gasteiger partial charge in [0.05, 0.1) is 11.5 Å². The molecule has 0 amide bonds. The Hall–Kier alpha value is -0.630. The summed E-state index contributed by atoms with van der Waals surface area (Å²) in [6.45, 7) is 3.56. The SMILES string of the molecule is CC(C)(C#N)c1cc(F)ccc1I. The van der Waals surface area contributed by atoms with Crippen molar-refractivity contribution in [2.75, 3.05) is 0 Å². The van der Waals surface area contributed by atoms with Crippen molar-refractivity contribution in [1.29, 1.82) is 5.26 Å². The van der Waals surface area contributed by atoms with Gasteiger partial charge in [-0.15, -0.1) is 0 Å². The first-order valence-electron chi connectivity index (χ1n) is 3.84. The Labute approximate surface area is 90.7 Å². The number of hydrogen-bond donors (Lipinski definition) is 0. The Balaban J connectivity index is 3.30. The molecule has 0 spiro atoms. The number of benzene rings is 1. The maximum absolute atomic E-state index is 12.9. The van der Waals surface area contributed by atoms with Crippen molar-refractivity contribution >= 4 is 22.6 Å². The minimum Gasteiger partial charge on any atom is -0.207 e.